The Morgan fingerprint density at radius 1 is 1.19 bits per heavy atom. The summed E-state index contributed by atoms with van der Waals surface area (Å²) in [6, 6.07) is 14.4. The molecule has 2 N–H and O–H groups in total. The maximum atomic E-state index is 12.9. The molecule has 0 fully saturated rings. The van der Waals surface area contributed by atoms with Crippen molar-refractivity contribution in [2.24, 2.45) is 0 Å². The number of nitrogens with one attached hydrogen (secondary N) is 1. The first-order valence-electron chi connectivity index (χ1n) is 8.22. The number of aliphatic hydroxyl groups excluding tert-OH is 1. The minimum Gasteiger partial charge on any atom is -0.507 e. The van der Waals surface area contributed by atoms with E-state index in [0.29, 0.717) is 17.0 Å². The van der Waals surface area contributed by atoms with E-state index in [2.05, 4.69) is 5.32 Å². The Hall–Kier alpha value is -3.28. The third-order valence-corrected chi connectivity index (χ3v) is 4.39. The average Bonchev–Trinajstić information content (AvgIpc) is 2.78. The maximum Gasteiger partial charge on any atom is 0.251 e. The van der Waals surface area contributed by atoms with Gasteiger partial charge in [-0.1, -0.05) is 30.3 Å². The lowest BCUT2D eigenvalue weighted by molar-refractivity contribution is -0.121. The Morgan fingerprint density at radius 3 is 2.62 bits per heavy atom. The molecule has 1 aliphatic rings. The highest BCUT2D eigenvalue weighted by Crippen LogP contribution is 2.35. The summed E-state index contributed by atoms with van der Waals surface area (Å²) < 4.78 is 5.38. The third kappa shape index (κ3) is 3.13. The molecule has 1 aliphatic heterocycles. The van der Waals surface area contributed by atoms with Gasteiger partial charge in [-0.05, 0) is 18.2 Å². The predicted octanol–water partition coefficient (Wildman–Crippen LogP) is 2.65. The Morgan fingerprint density at radius 2 is 1.88 bits per heavy atom. The number of para-hydroxylation sites is 2. The molecule has 0 spiro atoms. The fourth-order valence-corrected chi connectivity index (χ4v) is 3.05. The van der Waals surface area contributed by atoms with Crippen LogP contribution in [0, 0.1) is 0 Å². The molecule has 0 aliphatic carbocycles. The summed E-state index contributed by atoms with van der Waals surface area (Å²) in [6.07, 6.45) is -0.185. The summed E-state index contributed by atoms with van der Waals surface area (Å²) in [4.78, 5) is 26.6. The smallest absolute Gasteiger partial charge is 0.251 e. The van der Waals surface area contributed by atoms with Crippen molar-refractivity contribution in [3.63, 3.8) is 0 Å². The van der Waals surface area contributed by atoms with E-state index in [-0.39, 0.29) is 30.2 Å². The molecule has 3 rings (SSSR count). The van der Waals surface area contributed by atoms with Gasteiger partial charge in [0.2, 0.25) is 5.91 Å². The Balaban J connectivity index is 2.08. The number of hydrogen-bond acceptors (Lipinski definition) is 4. The minimum absolute atomic E-state index is 0.0625. The molecule has 2 aromatic carbocycles. The molecule has 0 radical (unpaired) electrons. The largest absolute Gasteiger partial charge is 0.507 e. The number of aliphatic hydroxyl groups is 1. The van der Waals surface area contributed by atoms with E-state index in [0.717, 1.165) is 5.56 Å². The first kappa shape index (κ1) is 17.5. The van der Waals surface area contributed by atoms with Gasteiger partial charge in [0.15, 0.2) is 0 Å². The van der Waals surface area contributed by atoms with Gasteiger partial charge in [0.25, 0.3) is 5.91 Å². The van der Waals surface area contributed by atoms with Gasteiger partial charge in [-0.2, -0.15) is 0 Å². The lowest BCUT2D eigenvalue weighted by atomic mass is 10.1. The molecule has 26 heavy (non-hydrogen) atoms. The molecule has 6 nitrogen and oxygen atoms in total. The van der Waals surface area contributed by atoms with Gasteiger partial charge < -0.3 is 20.1 Å². The number of carbonyl (C=O) groups excluding carboxylic acids is 2. The zero-order valence-electron chi connectivity index (χ0n) is 14.7. The van der Waals surface area contributed by atoms with Gasteiger partial charge in [0.1, 0.15) is 11.5 Å². The molecular weight excluding hydrogens is 332 g/mol. The number of anilines is 1. The SMILES string of the molecule is CNC(=O)C1=C(O)c2ccccc2N(Cc2ccccc2OC)C(=O)C1. The number of likely N-dealkylation sites (N-methyl/N-ethyl adjacent to an activating group) is 1. The molecule has 0 aromatic heterocycles. The van der Waals surface area contributed by atoms with Crippen LogP contribution >= 0.6 is 0 Å². The fraction of sp³-hybridized carbons (Fsp3) is 0.200. The fourth-order valence-electron chi connectivity index (χ4n) is 3.05. The molecule has 2 aromatic rings. The van der Waals surface area contributed by atoms with Crippen LogP contribution in [-0.2, 0) is 16.1 Å². The van der Waals surface area contributed by atoms with Gasteiger partial charge in [0, 0.05) is 18.2 Å². The number of rotatable bonds is 4. The number of nitrogens with zero attached hydrogens (tertiary/aromatic N) is 1. The quantitative estimate of drug-likeness (QED) is 0.887. The van der Waals surface area contributed by atoms with E-state index >= 15 is 0 Å². The summed E-state index contributed by atoms with van der Waals surface area (Å²) in [5, 5.41) is 13.1. The summed E-state index contributed by atoms with van der Waals surface area (Å²) in [6.45, 7) is 0.272. The summed E-state index contributed by atoms with van der Waals surface area (Å²) in [5.74, 6) is -0.239. The molecule has 2 amide bonds. The van der Waals surface area contributed by atoms with Crippen molar-refractivity contribution in [1.29, 1.82) is 0 Å². The Bertz CT molecular complexity index is 889. The van der Waals surface area contributed by atoms with E-state index < -0.39 is 5.91 Å². The zero-order valence-corrected chi connectivity index (χ0v) is 14.7. The van der Waals surface area contributed by atoms with Crippen LogP contribution in [0.4, 0.5) is 5.69 Å². The van der Waals surface area contributed by atoms with Crippen LogP contribution in [0.3, 0.4) is 0 Å². The first-order chi connectivity index (χ1) is 12.6. The molecule has 0 unspecified atom stereocenters. The Labute approximate surface area is 151 Å². The van der Waals surface area contributed by atoms with Gasteiger partial charge >= 0.3 is 0 Å². The van der Waals surface area contributed by atoms with Crippen molar-refractivity contribution < 1.29 is 19.4 Å². The second-order valence-corrected chi connectivity index (χ2v) is 5.89. The van der Waals surface area contributed by atoms with E-state index in [9.17, 15) is 14.7 Å². The first-order valence-corrected chi connectivity index (χ1v) is 8.22. The van der Waals surface area contributed by atoms with Gasteiger partial charge in [-0.3, -0.25) is 9.59 Å². The van der Waals surface area contributed by atoms with Crippen molar-refractivity contribution in [3.8, 4) is 5.75 Å². The molecule has 6 heteroatoms. The second kappa shape index (κ2) is 7.31. The highest BCUT2D eigenvalue weighted by molar-refractivity contribution is 6.10. The number of amides is 2. The van der Waals surface area contributed by atoms with Crippen LogP contribution in [0.5, 0.6) is 5.75 Å². The van der Waals surface area contributed by atoms with Gasteiger partial charge in [-0.25, -0.2) is 0 Å². The van der Waals surface area contributed by atoms with Gasteiger partial charge in [0.05, 0.1) is 31.3 Å². The average molecular weight is 352 g/mol. The Kier molecular flexibility index (Phi) is 4.93. The van der Waals surface area contributed by atoms with Crippen LogP contribution in [0.15, 0.2) is 54.1 Å². The molecule has 0 saturated carbocycles. The number of carbonyl (C=O) groups is 2. The number of benzene rings is 2. The normalized spacial score (nSPS) is 13.9. The van der Waals surface area contributed by atoms with Crippen molar-refractivity contribution in [3.05, 3.63) is 65.2 Å². The van der Waals surface area contributed by atoms with E-state index in [1.165, 1.54) is 7.05 Å². The number of methoxy groups -OCH3 is 1. The van der Waals surface area contributed by atoms with Crippen LogP contribution in [0.1, 0.15) is 17.5 Å². The topological polar surface area (TPSA) is 78.9 Å². The zero-order chi connectivity index (χ0) is 18.7. The number of fused-ring (bicyclic) bond motifs is 1. The van der Waals surface area contributed by atoms with E-state index in [1.54, 1.807) is 36.3 Å². The minimum atomic E-state index is -0.468. The predicted molar refractivity (Wildman–Crippen MR) is 98.9 cm³/mol. The highest BCUT2D eigenvalue weighted by atomic mass is 16.5. The third-order valence-electron chi connectivity index (χ3n) is 4.39. The molecule has 0 saturated heterocycles. The summed E-state index contributed by atoms with van der Waals surface area (Å²) in [5.41, 5.74) is 1.90. The lowest BCUT2D eigenvalue weighted by Crippen LogP contribution is -2.31. The van der Waals surface area contributed by atoms with E-state index in [1.807, 2.05) is 24.3 Å². The molecule has 1 heterocycles. The van der Waals surface area contributed by atoms with Crippen LogP contribution in [0.25, 0.3) is 5.76 Å². The lowest BCUT2D eigenvalue weighted by Gasteiger charge is -2.24. The number of hydrogen-bond donors (Lipinski definition) is 2. The van der Waals surface area contributed by atoms with Crippen molar-refractivity contribution in [2.45, 2.75) is 13.0 Å². The van der Waals surface area contributed by atoms with Crippen LogP contribution in [-0.4, -0.2) is 31.1 Å². The summed E-state index contributed by atoms with van der Waals surface area (Å²) >= 11 is 0. The van der Waals surface area contributed by atoms with Crippen molar-refractivity contribution in [2.75, 3.05) is 19.1 Å². The molecule has 0 atom stereocenters. The summed E-state index contributed by atoms with van der Waals surface area (Å²) in [7, 11) is 3.05. The van der Waals surface area contributed by atoms with Gasteiger partial charge in [-0.15, -0.1) is 0 Å². The van der Waals surface area contributed by atoms with Crippen LogP contribution in [0.2, 0.25) is 0 Å². The molecular formula is C20H20N2O4. The van der Waals surface area contributed by atoms with Crippen molar-refractivity contribution >= 4 is 23.3 Å². The highest BCUT2D eigenvalue weighted by Gasteiger charge is 2.30. The standard InChI is InChI=1S/C20H20N2O4/c1-21-20(25)15-11-18(23)22(12-13-7-3-6-10-17(13)26-2)16-9-5-4-8-14(16)19(15)24/h3-10,24H,11-12H2,1-2H3,(H,21,25). The number of ether oxygens (including phenoxy) is 1. The van der Waals surface area contributed by atoms with E-state index in [4.69, 9.17) is 4.74 Å². The monoisotopic (exact) mass is 352 g/mol. The van der Waals surface area contributed by atoms with Crippen molar-refractivity contribution in [1.82, 2.24) is 5.32 Å². The maximum absolute atomic E-state index is 12.9. The molecule has 0 bridgehead atoms. The molecule has 134 valence electrons. The van der Waals surface area contributed by atoms with Crippen LogP contribution < -0.4 is 15.0 Å². The second-order valence-electron chi connectivity index (χ2n) is 5.89.